The Balaban J connectivity index is 1.68. The van der Waals surface area contributed by atoms with E-state index in [4.69, 9.17) is 4.42 Å². The molecule has 0 saturated heterocycles. The first-order valence-corrected chi connectivity index (χ1v) is 7.74. The highest BCUT2D eigenvalue weighted by molar-refractivity contribution is 5.92. The Morgan fingerprint density at radius 1 is 1.33 bits per heavy atom. The molecule has 1 aliphatic rings. The average molecular weight is 326 g/mol. The van der Waals surface area contributed by atoms with Crippen LogP contribution < -0.4 is 0 Å². The maximum Gasteiger partial charge on any atom is 0.360 e. The van der Waals surface area contributed by atoms with E-state index in [2.05, 4.69) is 9.72 Å². The van der Waals surface area contributed by atoms with Gasteiger partial charge in [-0.15, -0.1) is 0 Å². The zero-order valence-electron chi connectivity index (χ0n) is 13.3. The van der Waals surface area contributed by atoms with Crippen LogP contribution in [0.25, 0.3) is 6.08 Å². The molecule has 1 aromatic heterocycles. The van der Waals surface area contributed by atoms with Gasteiger partial charge in [-0.25, -0.2) is 9.78 Å². The number of carbonyl (C=O) groups excluding carboxylic acids is 2. The van der Waals surface area contributed by atoms with Crippen molar-refractivity contribution in [2.45, 2.75) is 25.4 Å². The zero-order valence-corrected chi connectivity index (χ0v) is 13.3. The fourth-order valence-corrected chi connectivity index (χ4v) is 2.33. The van der Waals surface area contributed by atoms with Crippen molar-refractivity contribution in [3.63, 3.8) is 0 Å². The normalized spacial score (nSPS) is 13.9. The Labute approximate surface area is 139 Å². The molecule has 0 unspecified atom stereocenters. The molecule has 6 nitrogen and oxygen atoms in total. The molecule has 2 aromatic rings. The summed E-state index contributed by atoms with van der Waals surface area (Å²) in [5.41, 5.74) is 1.07. The van der Waals surface area contributed by atoms with Crippen LogP contribution in [0.1, 0.15) is 34.8 Å². The Morgan fingerprint density at radius 2 is 2.08 bits per heavy atom. The smallest absolute Gasteiger partial charge is 0.360 e. The fourth-order valence-electron chi connectivity index (χ4n) is 2.33. The van der Waals surface area contributed by atoms with Crippen LogP contribution in [-0.2, 0) is 16.1 Å². The summed E-state index contributed by atoms with van der Waals surface area (Å²) in [6.07, 6.45) is 6.52. The number of nitrogens with zero attached hydrogens (tertiary/aromatic N) is 2. The third-order valence-electron chi connectivity index (χ3n) is 3.74. The van der Waals surface area contributed by atoms with Crippen molar-refractivity contribution >= 4 is 18.0 Å². The van der Waals surface area contributed by atoms with Crippen LogP contribution in [0, 0.1) is 0 Å². The van der Waals surface area contributed by atoms with Gasteiger partial charge in [0.1, 0.15) is 6.26 Å². The predicted octanol–water partition coefficient (Wildman–Crippen LogP) is 2.67. The second kappa shape index (κ2) is 7.12. The van der Waals surface area contributed by atoms with E-state index < -0.39 is 5.97 Å². The monoisotopic (exact) mass is 326 g/mol. The van der Waals surface area contributed by atoms with Crippen LogP contribution in [0.4, 0.5) is 0 Å². The van der Waals surface area contributed by atoms with Gasteiger partial charge in [-0.1, -0.05) is 30.3 Å². The van der Waals surface area contributed by atoms with Crippen LogP contribution in [0.15, 0.2) is 47.1 Å². The van der Waals surface area contributed by atoms with Gasteiger partial charge in [0.25, 0.3) is 0 Å². The van der Waals surface area contributed by atoms with Crippen molar-refractivity contribution in [2.24, 2.45) is 0 Å². The minimum Gasteiger partial charge on any atom is -0.464 e. The Morgan fingerprint density at radius 3 is 2.75 bits per heavy atom. The number of oxazole rings is 1. The first kappa shape index (κ1) is 16.0. The molecule has 1 saturated carbocycles. The largest absolute Gasteiger partial charge is 0.464 e. The molecule has 0 aliphatic heterocycles. The van der Waals surface area contributed by atoms with Crippen LogP contribution in [0.5, 0.6) is 0 Å². The second-order valence-electron chi connectivity index (χ2n) is 5.56. The summed E-state index contributed by atoms with van der Waals surface area (Å²) < 4.78 is 9.88. The summed E-state index contributed by atoms with van der Waals surface area (Å²) in [7, 11) is 1.28. The lowest BCUT2D eigenvalue weighted by atomic mass is 10.2. The van der Waals surface area contributed by atoms with Crippen LogP contribution in [0.2, 0.25) is 0 Å². The van der Waals surface area contributed by atoms with E-state index in [0.29, 0.717) is 5.89 Å². The number of hydrogen-bond acceptors (Lipinski definition) is 5. The molecule has 1 fully saturated rings. The van der Waals surface area contributed by atoms with Gasteiger partial charge in [0.2, 0.25) is 11.8 Å². The minimum absolute atomic E-state index is 0.0980. The standard InChI is InChI=1S/C18H18N2O4/c1-23-18(22)15-12-24-16(19-15)11-20(14-8-9-14)17(21)10-7-13-5-3-2-4-6-13/h2-7,10,12,14H,8-9,11H2,1H3/b10-7+. The number of hydrogen-bond donors (Lipinski definition) is 0. The molecular weight excluding hydrogens is 308 g/mol. The topological polar surface area (TPSA) is 72.6 Å². The highest BCUT2D eigenvalue weighted by Crippen LogP contribution is 2.28. The summed E-state index contributed by atoms with van der Waals surface area (Å²) >= 11 is 0. The summed E-state index contributed by atoms with van der Waals surface area (Å²) in [4.78, 5) is 29.7. The summed E-state index contributed by atoms with van der Waals surface area (Å²) in [5.74, 6) is -0.332. The van der Waals surface area contributed by atoms with Crippen molar-refractivity contribution < 1.29 is 18.7 Å². The summed E-state index contributed by atoms with van der Waals surface area (Å²) in [6.45, 7) is 0.236. The third-order valence-corrected chi connectivity index (χ3v) is 3.74. The number of methoxy groups -OCH3 is 1. The highest BCUT2D eigenvalue weighted by Gasteiger charge is 2.32. The first-order chi connectivity index (χ1) is 11.7. The van der Waals surface area contributed by atoms with Crippen LogP contribution >= 0.6 is 0 Å². The lowest BCUT2D eigenvalue weighted by molar-refractivity contribution is -0.127. The molecule has 0 spiro atoms. The lowest BCUT2D eigenvalue weighted by Crippen LogP contribution is -2.31. The van der Waals surface area contributed by atoms with Gasteiger partial charge in [0, 0.05) is 12.1 Å². The van der Waals surface area contributed by atoms with E-state index in [-0.39, 0.29) is 24.2 Å². The fraction of sp³-hybridized carbons (Fsp3) is 0.278. The lowest BCUT2D eigenvalue weighted by Gasteiger charge is -2.18. The summed E-state index contributed by atoms with van der Waals surface area (Å²) in [6, 6.07) is 9.83. The first-order valence-electron chi connectivity index (χ1n) is 7.74. The number of rotatable bonds is 6. The molecule has 1 aromatic carbocycles. The number of benzene rings is 1. The van der Waals surface area contributed by atoms with Gasteiger partial charge in [0.15, 0.2) is 5.69 Å². The molecule has 1 aliphatic carbocycles. The third kappa shape index (κ3) is 3.90. The Bertz CT molecular complexity index is 747. The summed E-state index contributed by atoms with van der Waals surface area (Å²) in [5, 5.41) is 0. The highest BCUT2D eigenvalue weighted by atomic mass is 16.5. The number of amides is 1. The molecular formula is C18H18N2O4. The zero-order chi connectivity index (χ0) is 16.9. The minimum atomic E-state index is -0.557. The van der Waals surface area contributed by atoms with Gasteiger partial charge < -0.3 is 14.1 Å². The van der Waals surface area contributed by atoms with Crippen LogP contribution in [-0.4, -0.2) is 34.9 Å². The number of ether oxygens (including phenoxy) is 1. The number of esters is 1. The van der Waals surface area contributed by atoms with Crippen molar-refractivity contribution in [3.8, 4) is 0 Å². The predicted molar refractivity (Wildman–Crippen MR) is 86.9 cm³/mol. The van der Waals surface area contributed by atoms with Gasteiger partial charge >= 0.3 is 5.97 Å². The molecule has 24 heavy (non-hydrogen) atoms. The number of carbonyl (C=O) groups is 2. The van der Waals surface area contributed by atoms with E-state index in [1.54, 1.807) is 17.1 Å². The van der Waals surface area contributed by atoms with Crippen molar-refractivity contribution in [2.75, 3.05) is 7.11 Å². The molecule has 1 amide bonds. The van der Waals surface area contributed by atoms with E-state index >= 15 is 0 Å². The van der Waals surface area contributed by atoms with E-state index in [1.165, 1.54) is 13.4 Å². The van der Waals surface area contributed by atoms with Crippen molar-refractivity contribution in [1.29, 1.82) is 0 Å². The SMILES string of the molecule is COC(=O)c1coc(CN(C(=O)/C=C/c2ccccc2)C2CC2)n1. The van der Waals surface area contributed by atoms with E-state index in [1.807, 2.05) is 30.3 Å². The maximum absolute atomic E-state index is 12.5. The molecule has 0 radical (unpaired) electrons. The molecule has 124 valence electrons. The molecule has 0 atom stereocenters. The molecule has 0 N–H and O–H groups in total. The number of aromatic nitrogens is 1. The molecule has 6 heteroatoms. The van der Waals surface area contributed by atoms with Crippen molar-refractivity contribution in [3.05, 3.63) is 59.8 Å². The van der Waals surface area contributed by atoms with Gasteiger partial charge in [-0.05, 0) is 24.5 Å². The Hall–Kier alpha value is -2.89. The maximum atomic E-state index is 12.5. The molecule has 0 bridgehead atoms. The van der Waals surface area contributed by atoms with Gasteiger partial charge in [-0.2, -0.15) is 0 Å². The second-order valence-corrected chi connectivity index (χ2v) is 5.56. The molecule has 3 rings (SSSR count). The molecule has 1 heterocycles. The van der Waals surface area contributed by atoms with E-state index in [9.17, 15) is 9.59 Å². The van der Waals surface area contributed by atoms with Crippen LogP contribution in [0.3, 0.4) is 0 Å². The average Bonchev–Trinajstić information content (AvgIpc) is 3.35. The van der Waals surface area contributed by atoms with Gasteiger partial charge in [0.05, 0.1) is 13.7 Å². The van der Waals surface area contributed by atoms with E-state index in [0.717, 1.165) is 18.4 Å². The Kier molecular flexibility index (Phi) is 4.74. The van der Waals surface area contributed by atoms with Gasteiger partial charge in [-0.3, -0.25) is 4.79 Å². The quantitative estimate of drug-likeness (QED) is 0.603. The van der Waals surface area contributed by atoms with Crippen molar-refractivity contribution in [1.82, 2.24) is 9.88 Å².